The van der Waals surface area contributed by atoms with Crippen LogP contribution >= 0.6 is 15.9 Å². The molecule has 0 radical (unpaired) electrons. The lowest BCUT2D eigenvalue weighted by Gasteiger charge is -2.13. The number of rotatable bonds is 4. The minimum atomic E-state index is -0.0420. The highest BCUT2D eigenvalue weighted by molar-refractivity contribution is 9.10. The maximum Gasteiger partial charge on any atom is 0.252 e. The van der Waals surface area contributed by atoms with Crippen molar-refractivity contribution in [3.63, 3.8) is 0 Å². The SMILES string of the molecule is CNC(C)CNC(=O)c1cc(Br)cc2ccccc12. The Morgan fingerprint density at radius 3 is 2.79 bits per heavy atom. The predicted octanol–water partition coefficient (Wildman–Crippen LogP) is 2.94. The van der Waals surface area contributed by atoms with E-state index < -0.39 is 0 Å². The van der Waals surface area contributed by atoms with Crippen molar-refractivity contribution in [3.05, 3.63) is 46.4 Å². The van der Waals surface area contributed by atoms with Gasteiger partial charge in [-0.05, 0) is 36.9 Å². The molecule has 0 aliphatic heterocycles. The predicted molar refractivity (Wildman–Crippen MR) is 82.5 cm³/mol. The van der Waals surface area contributed by atoms with E-state index in [4.69, 9.17) is 0 Å². The standard InChI is InChI=1S/C15H17BrN2O/c1-10(17-2)9-18-15(19)14-8-12(16)7-11-5-3-4-6-13(11)14/h3-8,10,17H,9H2,1-2H3,(H,18,19). The summed E-state index contributed by atoms with van der Waals surface area (Å²) in [7, 11) is 1.88. The minimum absolute atomic E-state index is 0.0420. The third-order valence-electron chi connectivity index (χ3n) is 3.13. The van der Waals surface area contributed by atoms with Crippen LogP contribution in [-0.2, 0) is 0 Å². The zero-order valence-electron chi connectivity index (χ0n) is 11.0. The average molecular weight is 321 g/mol. The Bertz CT molecular complexity index is 598. The minimum Gasteiger partial charge on any atom is -0.350 e. The molecule has 0 aliphatic carbocycles. The van der Waals surface area contributed by atoms with Crippen LogP contribution in [-0.4, -0.2) is 25.5 Å². The van der Waals surface area contributed by atoms with Crippen LogP contribution in [0, 0.1) is 0 Å². The number of hydrogen-bond acceptors (Lipinski definition) is 2. The monoisotopic (exact) mass is 320 g/mol. The highest BCUT2D eigenvalue weighted by Gasteiger charge is 2.11. The number of halogens is 1. The first-order valence-corrected chi connectivity index (χ1v) is 7.05. The molecule has 0 aliphatic rings. The molecule has 0 aromatic heterocycles. The van der Waals surface area contributed by atoms with Gasteiger partial charge in [0.15, 0.2) is 0 Å². The normalized spacial score (nSPS) is 12.4. The van der Waals surface area contributed by atoms with Crippen molar-refractivity contribution in [2.75, 3.05) is 13.6 Å². The molecular weight excluding hydrogens is 304 g/mol. The van der Waals surface area contributed by atoms with E-state index >= 15 is 0 Å². The lowest BCUT2D eigenvalue weighted by molar-refractivity contribution is 0.0952. The van der Waals surface area contributed by atoms with Crippen LogP contribution in [0.4, 0.5) is 0 Å². The Morgan fingerprint density at radius 2 is 2.05 bits per heavy atom. The summed E-state index contributed by atoms with van der Waals surface area (Å²) in [6, 6.07) is 12.0. The van der Waals surface area contributed by atoms with Gasteiger partial charge in [-0.25, -0.2) is 0 Å². The second kappa shape index (κ2) is 6.17. The van der Waals surface area contributed by atoms with Crippen LogP contribution in [0.2, 0.25) is 0 Å². The molecular formula is C15H17BrN2O. The lowest BCUT2D eigenvalue weighted by Crippen LogP contribution is -2.37. The maximum absolute atomic E-state index is 12.3. The van der Waals surface area contributed by atoms with Gasteiger partial charge in [0.05, 0.1) is 0 Å². The van der Waals surface area contributed by atoms with Crippen LogP contribution in [0.3, 0.4) is 0 Å². The fourth-order valence-electron chi connectivity index (χ4n) is 1.90. The van der Waals surface area contributed by atoms with Crippen LogP contribution in [0.15, 0.2) is 40.9 Å². The Balaban J connectivity index is 2.31. The second-order valence-corrected chi connectivity index (χ2v) is 5.49. The van der Waals surface area contributed by atoms with E-state index in [9.17, 15) is 4.79 Å². The molecule has 0 bridgehead atoms. The van der Waals surface area contributed by atoms with Crippen molar-refractivity contribution in [3.8, 4) is 0 Å². The van der Waals surface area contributed by atoms with Crippen LogP contribution in [0.5, 0.6) is 0 Å². The molecule has 2 N–H and O–H groups in total. The van der Waals surface area contributed by atoms with E-state index in [2.05, 4.69) is 26.6 Å². The zero-order chi connectivity index (χ0) is 13.8. The third kappa shape index (κ3) is 3.33. The van der Waals surface area contributed by atoms with Crippen molar-refractivity contribution in [2.45, 2.75) is 13.0 Å². The summed E-state index contributed by atoms with van der Waals surface area (Å²) in [5.74, 6) is -0.0420. The van der Waals surface area contributed by atoms with Gasteiger partial charge >= 0.3 is 0 Å². The zero-order valence-corrected chi connectivity index (χ0v) is 12.6. The van der Waals surface area contributed by atoms with Gasteiger partial charge in [-0.1, -0.05) is 40.2 Å². The van der Waals surface area contributed by atoms with Crippen LogP contribution in [0.25, 0.3) is 10.8 Å². The van der Waals surface area contributed by atoms with Crippen molar-refractivity contribution in [1.29, 1.82) is 0 Å². The first kappa shape index (κ1) is 14.0. The molecule has 0 heterocycles. The molecule has 1 unspecified atom stereocenters. The Kier molecular flexibility index (Phi) is 4.56. The van der Waals surface area contributed by atoms with E-state index in [-0.39, 0.29) is 11.9 Å². The molecule has 0 spiro atoms. The smallest absolute Gasteiger partial charge is 0.252 e. The van der Waals surface area contributed by atoms with Crippen molar-refractivity contribution < 1.29 is 4.79 Å². The largest absolute Gasteiger partial charge is 0.350 e. The van der Waals surface area contributed by atoms with Gasteiger partial charge in [-0.3, -0.25) is 4.79 Å². The molecule has 100 valence electrons. The van der Waals surface area contributed by atoms with Crippen LogP contribution < -0.4 is 10.6 Å². The van der Waals surface area contributed by atoms with Gasteiger partial charge < -0.3 is 10.6 Å². The highest BCUT2D eigenvalue weighted by Crippen LogP contribution is 2.24. The summed E-state index contributed by atoms with van der Waals surface area (Å²) in [5.41, 5.74) is 0.702. The summed E-state index contributed by atoms with van der Waals surface area (Å²) in [6.07, 6.45) is 0. The molecule has 4 heteroatoms. The van der Waals surface area contributed by atoms with Crippen molar-refractivity contribution in [1.82, 2.24) is 10.6 Å². The quantitative estimate of drug-likeness (QED) is 0.909. The third-order valence-corrected chi connectivity index (χ3v) is 3.59. The van der Waals surface area contributed by atoms with Gasteiger partial charge in [-0.2, -0.15) is 0 Å². The highest BCUT2D eigenvalue weighted by atomic mass is 79.9. The number of carbonyl (C=O) groups is 1. The topological polar surface area (TPSA) is 41.1 Å². The Morgan fingerprint density at radius 1 is 1.32 bits per heavy atom. The van der Waals surface area contributed by atoms with Gasteiger partial charge in [0, 0.05) is 22.6 Å². The summed E-state index contributed by atoms with van der Waals surface area (Å²) in [4.78, 5) is 12.3. The lowest BCUT2D eigenvalue weighted by atomic mass is 10.0. The number of likely N-dealkylation sites (N-methyl/N-ethyl adjacent to an activating group) is 1. The molecule has 0 saturated carbocycles. The molecule has 1 amide bonds. The number of fused-ring (bicyclic) bond motifs is 1. The molecule has 3 nitrogen and oxygen atoms in total. The van der Waals surface area contributed by atoms with Gasteiger partial charge in [0.1, 0.15) is 0 Å². The summed E-state index contributed by atoms with van der Waals surface area (Å²) in [5, 5.41) is 8.07. The van der Waals surface area contributed by atoms with Crippen molar-refractivity contribution in [2.24, 2.45) is 0 Å². The molecule has 0 fully saturated rings. The Labute approximate surface area is 121 Å². The van der Waals surface area contributed by atoms with Gasteiger partial charge in [-0.15, -0.1) is 0 Å². The first-order valence-electron chi connectivity index (χ1n) is 6.25. The van der Waals surface area contributed by atoms with Crippen molar-refractivity contribution >= 4 is 32.6 Å². The summed E-state index contributed by atoms with van der Waals surface area (Å²) < 4.78 is 0.915. The number of hydrogen-bond donors (Lipinski definition) is 2. The summed E-state index contributed by atoms with van der Waals surface area (Å²) in [6.45, 7) is 2.63. The van der Waals surface area contributed by atoms with Gasteiger partial charge in [0.2, 0.25) is 0 Å². The van der Waals surface area contributed by atoms with E-state index in [0.717, 1.165) is 15.2 Å². The fourth-order valence-corrected chi connectivity index (χ4v) is 2.38. The number of carbonyl (C=O) groups excluding carboxylic acids is 1. The molecule has 2 aromatic rings. The number of nitrogens with one attached hydrogen (secondary N) is 2. The maximum atomic E-state index is 12.3. The number of amides is 1. The molecule has 1 atom stereocenters. The van der Waals surface area contributed by atoms with E-state index in [1.54, 1.807) is 0 Å². The molecule has 2 aromatic carbocycles. The molecule has 0 saturated heterocycles. The number of benzene rings is 2. The summed E-state index contributed by atoms with van der Waals surface area (Å²) >= 11 is 3.45. The van der Waals surface area contributed by atoms with Crippen LogP contribution in [0.1, 0.15) is 17.3 Å². The fraction of sp³-hybridized carbons (Fsp3) is 0.267. The Hall–Kier alpha value is -1.39. The van der Waals surface area contributed by atoms with E-state index in [0.29, 0.717) is 12.1 Å². The molecule has 19 heavy (non-hydrogen) atoms. The second-order valence-electron chi connectivity index (χ2n) is 4.57. The van der Waals surface area contributed by atoms with E-state index in [1.807, 2.05) is 50.4 Å². The van der Waals surface area contributed by atoms with Gasteiger partial charge in [0.25, 0.3) is 5.91 Å². The van der Waals surface area contributed by atoms with E-state index in [1.165, 1.54) is 0 Å². The average Bonchev–Trinajstić information content (AvgIpc) is 2.43. The first-order chi connectivity index (χ1) is 9.11. The molecule has 2 rings (SSSR count).